The molecule has 0 aromatic heterocycles. The van der Waals surface area contributed by atoms with Crippen molar-refractivity contribution in [2.24, 2.45) is 5.73 Å². The number of benzene rings is 1. The highest BCUT2D eigenvalue weighted by molar-refractivity contribution is 9.10. The van der Waals surface area contributed by atoms with Crippen LogP contribution in [-0.2, 0) is 0 Å². The van der Waals surface area contributed by atoms with Gasteiger partial charge in [0.1, 0.15) is 5.82 Å². The fourth-order valence-corrected chi connectivity index (χ4v) is 1.59. The van der Waals surface area contributed by atoms with E-state index < -0.39 is 0 Å². The Kier molecular flexibility index (Phi) is 3.23. The van der Waals surface area contributed by atoms with E-state index >= 15 is 0 Å². The van der Waals surface area contributed by atoms with Crippen LogP contribution in [0, 0.1) is 5.82 Å². The van der Waals surface area contributed by atoms with Crippen molar-refractivity contribution < 1.29 is 4.39 Å². The molecular weight excluding hydrogens is 221 g/mol. The van der Waals surface area contributed by atoms with E-state index in [0.29, 0.717) is 4.47 Å². The lowest BCUT2D eigenvalue weighted by Crippen LogP contribution is -2.09. The maximum atomic E-state index is 13.0. The van der Waals surface area contributed by atoms with Gasteiger partial charge in [-0.25, -0.2) is 4.39 Å². The lowest BCUT2D eigenvalue weighted by molar-refractivity contribution is 0.608. The van der Waals surface area contributed by atoms with Crippen molar-refractivity contribution in [3.05, 3.63) is 34.1 Å². The second kappa shape index (κ2) is 4.01. The summed E-state index contributed by atoms with van der Waals surface area (Å²) in [5, 5.41) is 0. The fourth-order valence-electron chi connectivity index (χ4n) is 1.03. The lowest BCUT2D eigenvalue weighted by atomic mass is 10.1. The van der Waals surface area contributed by atoms with Gasteiger partial charge in [-0.3, -0.25) is 0 Å². The molecule has 1 aromatic carbocycles. The molecule has 0 saturated heterocycles. The van der Waals surface area contributed by atoms with Crippen LogP contribution in [-0.4, -0.2) is 0 Å². The summed E-state index contributed by atoms with van der Waals surface area (Å²) in [4.78, 5) is 0. The Morgan fingerprint density at radius 2 is 2.25 bits per heavy atom. The minimum absolute atomic E-state index is 0.0879. The minimum Gasteiger partial charge on any atom is -0.324 e. The predicted molar refractivity (Wildman–Crippen MR) is 51.3 cm³/mol. The highest BCUT2D eigenvalue weighted by Crippen LogP contribution is 2.25. The SMILES string of the molecule is CC[C@@H](N)c1cccc(F)c1Br. The number of rotatable bonds is 2. The average molecular weight is 232 g/mol. The first-order valence-electron chi connectivity index (χ1n) is 3.86. The standard InChI is InChI=1S/C9H11BrFN/c1-2-8(12)6-4-3-5-7(11)9(6)10/h3-5,8H,2,12H2,1H3/t8-/m1/s1. The zero-order chi connectivity index (χ0) is 9.14. The van der Waals surface area contributed by atoms with E-state index in [4.69, 9.17) is 5.73 Å². The van der Waals surface area contributed by atoms with Gasteiger partial charge < -0.3 is 5.73 Å². The summed E-state index contributed by atoms with van der Waals surface area (Å²) >= 11 is 3.17. The van der Waals surface area contributed by atoms with Gasteiger partial charge in [0.2, 0.25) is 0 Å². The van der Waals surface area contributed by atoms with Gasteiger partial charge >= 0.3 is 0 Å². The van der Waals surface area contributed by atoms with Gasteiger partial charge in [0, 0.05) is 6.04 Å². The maximum Gasteiger partial charge on any atom is 0.137 e. The Morgan fingerprint density at radius 1 is 1.58 bits per heavy atom. The number of nitrogens with two attached hydrogens (primary N) is 1. The molecule has 0 aliphatic rings. The summed E-state index contributed by atoms with van der Waals surface area (Å²) in [5.74, 6) is -0.253. The second-order valence-electron chi connectivity index (χ2n) is 2.66. The highest BCUT2D eigenvalue weighted by atomic mass is 79.9. The molecule has 0 amide bonds. The molecule has 1 atom stereocenters. The summed E-state index contributed by atoms with van der Waals surface area (Å²) in [6.07, 6.45) is 0.808. The van der Waals surface area contributed by atoms with Crippen LogP contribution in [0.5, 0.6) is 0 Å². The predicted octanol–water partition coefficient (Wildman–Crippen LogP) is 3.00. The third-order valence-corrected chi connectivity index (χ3v) is 2.66. The molecule has 1 aromatic rings. The first-order valence-corrected chi connectivity index (χ1v) is 4.65. The van der Waals surface area contributed by atoms with Crippen molar-refractivity contribution in [2.75, 3.05) is 0 Å². The van der Waals surface area contributed by atoms with Gasteiger partial charge in [0.05, 0.1) is 4.47 Å². The van der Waals surface area contributed by atoms with E-state index in [1.165, 1.54) is 6.07 Å². The van der Waals surface area contributed by atoms with E-state index in [1.54, 1.807) is 6.07 Å². The first-order chi connectivity index (χ1) is 5.66. The summed E-state index contributed by atoms with van der Waals surface area (Å²) in [7, 11) is 0. The zero-order valence-corrected chi connectivity index (χ0v) is 8.44. The van der Waals surface area contributed by atoms with E-state index in [1.807, 2.05) is 13.0 Å². The molecule has 1 nitrogen and oxygen atoms in total. The van der Waals surface area contributed by atoms with Crippen molar-refractivity contribution in [2.45, 2.75) is 19.4 Å². The van der Waals surface area contributed by atoms with E-state index in [-0.39, 0.29) is 11.9 Å². The Balaban J connectivity index is 3.07. The van der Waals surface area contributed by atoms with Crippen LogP contribution in [0.2, 0.25) is 0 Å². The van der Waals surface area contributed by atoms with E-state index in [9.17, 15) is 4.39 Å². The summed E-state index contributed by atoms with van der Waals surface area (Å²) < 4.78 is 13.5. The molecule has 0 aliphatic carbocycles. The van der Waals surface area contributed by atoms with Crippen molar-refractivity contribution in [1.82, 2.24) is 0 Å². The largest absolute Gasteiger partial charge is 0.324 e. The molecule has 0 aliphatic heterocycles. The van der Waals surface area contributed by atoms with Gasteiger partial charge in [-0.2, -0.15) is 0 Å². The number of hydrogen-bond acceptors (Lipinski definition) is 1. The summed E-state index contributed by atoms with van der Waals surface area (Å²) in [5.41, 5.74) is 6.60. The first kappa shape index (κ1) is 9.68. The van der Waals surface area contributed by atoms with Crippen molar-refractivity contribution in [3.63, 3.8) is 0 Å². The molecule has 0 fully saturated rings. The molecule has 0 spiro atoms. The third kappa shape index (κ3) is 1.84. The normalized spacial score (nSPS) is 13.0. The molecule has 3 heteroatoms. The van der Waals surface area contributed by atoms with Gasteiger partial charge in [-0.1, -0.05) is 19.1 Å². The van der Waals surface area contributed by atoms with Crippen LogP contribution in [0.25, 0.3) is 0 Å². The third-order valence-electron chi connectivity index (χ3n) is 1.82. The summed E-state index contributed by atoms with van der Waals surface area (Å²) in [6.45, 7) is 1.97. The van der Waals surface area contributed by atoms with Crippen molar-refractivity contribution in [1.29, 1.82) is 0 Å². The van der Waals surface area contributed by atoms with Crippen molar-refractivity contribution >= 4 is 15.9 Å². The molecule has 66 valence electrons. The van der Waals surface area contributed by atoms with Crippen LogP contribution in [0.15, 0.2) is 22.7 Å². The quantitative estimate of drug-likeness (QED) is 0.833. The molecule has 0 unspecified atom stereocenters. The van der Waals surface area contributed by atoms with Gasteiger partial charge in [-0.05, 0) is 34.0 Å². The molecule has 0 saturated carbocycles. The molecule has 0 radical (unpaired) electrons. The average Bonchev–Trinajstić information content (AvgIpc) is 2.08. The van der Waals surface area contributed by atoms with Gasteiger partial charge in [0.25, 0.3) is 0 Å². The molecule has 2 N–H and O–H groups in total. The molecule has 0 heterocycles. The van der Waals surface area contributed by atoms with Crippen LogP contribution in [0.3, 0.4) is 0 Å². The van der Waals surface area contributed by atoms with Crippen LogP contribution in [0.4, 0.5) is 4.39 Å². The van der Waals surface area contributed by atoms with Crippen LogP contribution >= 0.6 is 15.9 Å². The second-order valence-corrected chi connectivity index (χ2v) is 3.45. The molecular formula is C9H11BrFN. The molecule has 0 bridgehead atoms. The Bertz CT molecular complexity index is 275. The van der Waals surface area contributed by atoms with Gasteiger partial charge in [0.15, 0.2) is 0 Å². The Labute approximate surface area is 79.9 Å². The number of hydrogen-bond donors (Lipinski definition) is 1. The fraction of sp³-hybridized carbons (Fsp3) is 0.333. The molecule has 12 heavy (non-hydrogen) atoms. The van der Waals surface area contributed by atoms with Crippen LogP contribution < -0.4 is 5.73 Å². The lowest BCUT2D eigenvalue weighted by Gasteiger charge is -2.11. The Hall–Kier alpha value is -0.410. The van der Waals surface area contributed by atoms with E-state index in [2.05, 4.69) is 15.9 Å². The van der Waals surface area contributed by atoms with E-state index in [0.717, 1.165) is 12.0 Å². The van der Waals surface area contributed by atoms with Gasteiger partial charge in [-0.15, -0.1) is 0 Å². The monoisotopic (exact) mass is 231 g/mol. The smallest absolute Gasteiger partial charge is 0.137 e. The zero-order valence-electron chi connectivity index (χ0n) is 6.85. The summed E-state index contributed by atoms with van der Waals surface area (Å²) in [6, 6.07) is 4.83. The molecule has 1 rings (SSSR count). The van der Waals surface area contributed by atoms with Crippen LogP contribution in [0.1, 0.15) is 24.9 Å². The highest BCUT2D eigenvalue weighted by Gasteiger charge is 2.10. The Morgan fingerprint density at radius 3 is 2.83 bits per heavy atom. The minimum atomic E-state index is -0.253. The van der Waals surface area contributed by atoms with Crippen molar-refractivity contribution in [3.8, 4) is 0 Å². The number of halogens is 2. The maximum absolute atomic E-state index is 13.0. The topological polar surface area (TPSA) is 26.0 Å².